The second kappa shape index (κ2) is 6.20. The maximum atomic E-state index is 6.18. The lowest BCUT2D eigenvalue weighted by Crippen LogP contribution is -2.40. The Kier molecular flexibility index (Phi) is 4.84. The Hall–Kier alpha value is -0.350. The van der Waals surface area contributed by atoms with Gasteiger partial charge in [-0.2, -0.15) is 0 Å². The summed E-state index contributed by atoms with van der Waals surface area (Å²) in [4.78, 5) is 2.96. The molecule has 1 heterocycles. The van der Waals surface area contributed by atoms with E-state index in [1.54, 1.807) is 6.07 Å². The van der Waals surface area contributed by atoms with Gasteiger partial charge in [0.05, 0.1) is 4.99 Å². The largest absolute Gasteiger partial charge is 0.393 e. The molecule has 5 heteroatoms. The van der Waals surface area contributed by atoms with Crippen LogP contribution in [-0.2, 0) is 6.54 Å². The molecule has 2 nitrogen and oxygen atoms in total. The fourth-order valence-corrected chi connectivity index (χ4v) is 2.90. The van der Waals surface area contributed by atoms with Crippen LogP contribution in [0.25, 0.3) is 0 Å². The third-order valence-corrected chi connectivity index (χ3v) is 4.25. The molecule has 0 aromatic heterocycles. The summed E-state index contributed by atoms with van der Waals surface area (Å²) in [5.41, 5.74) is 6.80. The maximum Gasteiger partial charge on any atom is 0.0771 e. The highest BCUT2D eigenvalue weighted by atomic mass is 35.5. The second-order valence-corrected chi connectivity index (χ2v) is 6.03. The third kappa shape index (κ3) is 3.58. The zero-order chi connectivity index (χ0) is 13.1. The first-order chi connectivity index (χ1) is 8.56. The molecule has 1 saturated heterocycles. The standard InChI is InChI=1S/C13H16Cl2N2S/c14-11-3-4-12(15)10(6-11)8-17-5-1-2-9(7-17)13(16)18/h3-4,6,9H,1-2,5,7-8H2,(H2,16,18). The number of nitrogens with zero attached hydrogens (tertiary/aromatic N) is 1. The van der Waals surface area contributed by atoms with Crippen LogP contribution < -0.4 is 5.73 Å². The van der Waals surface area contributed by atoms with Crippen molar-refractivity contribution in [1.29, 1.82) is 0 Å². The van der Waals surface area contributed by atoms with Crippen molar-refractivity contribution in [3.8, 4) is 0 Å². The Labute approximate surface area is 123 Å². The summed E-state index contributed by atoms with van der Waals surface area (Å²) in [5, 5.41) is 1.48. The quantitative estimate of drug-likeness (QED) is 0.867. The molecule has 18 heavy (non-hydrogen) atoms. The van der Waals surface area contributed by atoms with Gasteiger partial charge < -0.3 is 5.73 Å². The molecule has 0 amide bonds. The summed E-state index contributed by atoms with van der Waals surface area (Å²) >= 11 is 17.3. The van der Waals surface area contributed by atoms with Crippen molar-refractivity contribution in [1.82, 2.24) is 4.90 Å². The molecule has 1 aromatic carbocycles. The van der Waals surface area contributed by atoms with Crippen molar-refractivity contribution in [2.75, 3.05) is 13.1 Å². The molecule has 1 fully saturated rings. The van der Waals surface area contributed by atoms with Gasteiger partial charge in [-0.05, 0) is 43.1 Å². The zero-order valence-corrected chi connectivity index (χ0v) is 12.4. The normalized spacial score (nSPS) is 20.9. The monoisotopic (exact) mass is 302 g/mol. The fourth-order valence-electron chi connectivity index (χ4n) is 2.34. The number of nitrogens with two attached hydrogens (primary N) is 1. The summed E-state index contributed by atoms with van der Waals surface area (Å²) < 4.78 is 0. The topological polar surface area (TPSA) is 29.3 Å². The van der Waals surface area contributed by atoms with Crippen LogP contribution in [0, 0.1) is 5.92 Å². The Morgan fingerprint density at radius 2 is 2.22 bits per heavy atom. The van der Waals surface area contributed by atoms with E-state index in [0.29, 0.717) is 10.9 Å². The Bertz CT molecular complexity index is 451. The van der Waals surface area contributed by atoms with E-state index >= 15 is 0 Å². The first-order valence-electron chi connectivity index (χ1n) is 6.02. The number of likely N-dealkylation sites (tertiary alicyclic amines) is 1. The molecule has 1 aliphatic heterocycles. The van der Waals surface area contributed by atoms with Crippen molar-refractivity contribution in [2.45, 2.75) is 19.4 Å². The lowest BCUT2D eigenvalue weighted by atomic mass is 9.97. The van der Waals surface area contributed by atoms with Gasteiger partial charge in [0.15, 0.2) is 0 Å². The average molecular weight is 303 g/mol. The smallest absolute Gasteiger partial charge is 0.0771 e. The molecule has 0 radical (unpaired) electrons. The summed E-state index contributed by atoms with van der Waals surface area (Å²) in [6, 6.07) is 5.57. The molecular formula is C13H16Cl2N2S. The number of thiocarbonyl (C=S) groups is 1. The lowest BCUT2D eigenvalue weighted by molar-refractivity contribution is 0.197. The lowest BCUT2D eigenvalue weighted by Gasteiger charge is -2.32. The molecule has 2 N–H and O–H groups in total. The highest BCUT2D eigenvalue weighted by molar-refractivity contribution is 7.80. The minimum absolute atomic E-state index is 0.326. The minimum Gasteiger partial charge on any atom is -0.393 e. The van der Waals surface area contributed by atoms with Gasteiger partial charge in [0.1, 0.15) is 0 Å². The predicted molar refractivity (Wildman–Crippen MR) is 81.2 cm³/mol. The van der Waals surface area contributed by atoms with Crippen LogP contribution in [0.4, 0.5) is 0 Å². The molecule has 1 aliphatic rings. The van der Waals surface area contributed by atoms with Crippen LogP contribution in [0.3, 0.4) is 0 Å². The van der Waals surface area contributed by atoms with Crippen molar-refractivity contribution >= 4 is 40.4 Å². The summed E-state index contributed by atoms with van der Waals surface area (Å²) in [6.45, 7) is 2.78. The zero-order valence-electron chi connectivity index (χ0n) is 10.0. The highest BCUT2D eigenvalue weighted by Gasteiger charge is 2.22. The molecular weight excluding hydrogens is 287 g/mol. The second-order valence-electron chi connectivity index (χ2n) is 4.71. The summed E-state index contributed by atoms with van der Waals surface area (Å²) in [6.07, 6.45) is 2.22. The van der Waals surface area contributed by atoms with E-state index in [1.165, 1.54) is 0 Å². The predicted octanol–water partition coefficient (Wildman–Crippen LogP) is 3.49. The van der Waals surface area contributed by atoms with E-state index in [1.807, 2.05) is 12.1 Å². The van der Waals surface area contributed by atoms with Crippen LogP contribution in [0.1, 0.15) is 18.4 Å². The first-order valence-corrected chi connectivity index (χ1v) is 7.18. The van der Waals surface area contributed by atoms with E-state index in [9.17, 15) is 0 Å². The van der Waals surface area contributed by atoms with Crippen LogP contribution in [0.5, 0.6) is 0 Å². The fraction of sp³-hybridized carbons (Fsp3) is 0.462. The minimum atomic E-state index is 0.326. The molecule has 1 unspecified atom stereocenters. The molecule has 0 aliphatic carbocycles. The first kappa shape index (κ1) is 14.1. The van der Waals surface area contributed by atoms with E-state index in [4.69, 9.17) is 41.2 Å². The van der Waals surface area contributed by atoms with Crippen molar-refractivity contribution < 1.29 is 0 Å². The highest BCUT2D eigenvalue weighted by Crippen LogP contribution is 2.24. The van der Waals surface area contributed by atoms with Gasteiger partial charge >= 0.3 is 0 Å². The van der Waals surface area contributed by atoms with Crippen LogP contribution in [0.2, 0.25) is 10.0 Å². The molecule has 2 rings (SSSR count). The van der Waals surface area contributed by atoms with E-state index in [0.717, 1.165) is 48.1 Å². The van der Waals surface area contributed by atoms with Gasteiger partial charge in [0, 0.05) is 29.1 Å². The number of rotatable bonds is 3. The van der Waals surface area contributed by atoms with E-state index in [-0.39, 0.29) is 0 Å². The van der Waals surface area contributed by atoms with Gasteiger partial charge in [-0.15, -0.1) is 0 Å². The van der Waals surface area contributed by atoms with Crippen LogP contribution >= 0.6 is 35.4 Å². The maximum absolute atomic E-state index is 6.18. The molecule has 0 saturated carbocycles. The van der Waals surface area contributed by atoms with Crippen molar-refractivity contribution in [2.24, 2.45) is 11.7 Å². The molecule has 1 aromatic rings. The Morgan fingerprint density at radius 3 is 2.94 bits per heavy atom. The number of halogens is 2. The van der Waals surface area contributed by atoms with Crippen LogP contribution in [0.15, 0.2) is 18.2 Å². The number of hydrogen-bond acceptors (Lipinski definition) is 2. The summed E-state index contributed by atoms with van der Waals surface area (Å²) in [5.74, 6) is 0.326. The number of hydrogen-bond donors (Lipinski definition) is 1. The Balaban J connectivity index is 2.04. The molecule has 0 bridgehead atoms. The van der Waals surface area contributed by atoms with E-state index in [2.05, 4.69) is 4.90 Å². The van der Waals surface area contributed by atoms with Gasteiger partial charge in [0.25, 0.3) is 0 Å². The molecule has 1 atom stereocenters. The van der Waals surface area contributed by atoms with Crippen LogP contribution in [-0.4, -0.2) is 23.0 Å². The van der Waals surface area contributed by atoms with Gasteiger partial charge in [0.2, 0.25) is 0 Å². The van der Waals surface area contributed by atoms with E-state index < -0.39 is 0 Å². The molecule has 98 valence electrons. The SMILES string of the molecule is NC(=S)C1CCCN(Cc2cc(Cl)ccc2Cl)C1. The average Bonchev–Trinajstić information content (AvgIpc) is 2.34. The van der Waals surface area contributed by atoms with Gasteiger partial charge in [-0.25, -0.2) is 0 Å². The van der Waals surface area contributed by atoms with Crippen molar-refractivity contribution in [3.05, 3.63) is 33.8 Å². The summed E-state index contributed by atoms with van der Waals surface area (Å²) in [7, 11) is 0. The Morgan fingerprint density at radius 1 is 1.44 bits per heavy atom. The van der Waals surface area contributed by atoms with Gasteiger partial charge in [-0.3, -0.25) is 4.90 Å². The molecule has 0 spiro atoms. The van der Waals surface area contributed by atoms with Crippen molar-refractivity contribution in [3.63, 3.8) is 0 Å². The third-order valence-electron chi connectivity index (χ3n) is 3.31. The number of benzene rings is 1. The number of piperidine rings is 1. The van der Waals surface area contributed by atoms with Gasteiger partial charge in [-0.1, -0.05) is 35.4 Å².